The fourth-order valence-corrected chi connectivity index (χ4v) is 3.02. The summed E-state index contributed by atoms with van der Waals surface area (Å²) in [5.41, 5.74) is 5.17. The first-order valence-corrected chi connectivity index (χ1v) is 7.55. The second-order valence-corrected chi connectivity index (χ2v) is 6.00. The van der Waals surface area contributed by atoms with E-state index in [-0.39, 0.29) is 6.10 Å². The summed E-state index contributed by atoms with van der Waals surface area (Å²) in [5, 5.41) is 9.90. The van der Waals surface area contributed by atoms with Crippen LogP contribution in [0.4, 0.5) is 5.69 Å². The maximum Gasteiger partial charge on any atom is 0.491 e. The molecule has 0 radical (unpaired) electrons. The number of benzene rings is 2. The van der Waals surface area contributed by atoms with Crippen molar-refractivity contribution >= 4 is 18.3 Å². The molecule has 1 atom stereocenters. The molecule has 23 heavy (non-hydrogen) atoms. The number of hydrogen-bond acceptors (Lipinski definition) is 3. The average Bonchev–Trinajstić information content (AvgIpc) is 2.74. The van der Waals surface area contributed by atoms with Gasteiger partial charge >= 0.3 is 7.12 Å². The SMILES string of the molecule is [C-]#[N+]c1c(C)cc(Oc2cc3c(cc2C)B(O)OC3C)cc1C. The van der Waals surface area contributed by atoms with Gasteiger partial charge in [0.05, 0.1) is 12.7 Å². The zero-order valence-corrected chi connectivity index (χ0v) is 13.7. The average molecular weight is 307 g/mol. The molecule has 5 heteroatoms. The first-order valence-electron chi connectivity index (χ1n) is 7.55. The third-order valence-corrected chi connectivity index (χ3v) is 4.22. The minimum Gasteiger partial charge on any atom is -0.457 e. The van der Waals surface area contributed by atoms with E-state index in [2.05, 4.69) is 4.85 Å². The van der Waals surface area contributed by atoms with Crippen molar-refractivity contribution in [3.05, 3.63) is 57.9 Å². The van der Waals surface area contributed by atoms with Crippen molar-refractivity contribution in [2.24, 2.45) is 0 Å². The molecule has 2 aromatic rings. The van der Waals surface area contributed by atoms with Crippen LogP contribution in [-0.4, -0.2) is 12.1 Å². The largest absolute Gasteiger partial charge is 0.491 e. The van der Waals surface area contributed by atoms with E-state index in [0.717, 1.165) is 33.5 Å². The van der Waals surface area contributed by atoms with E-state index in [1.807, 2.05) is 52.0 Å². The van der Waals surface area contributed by atoms with Crippen molar-refractivity contribution in [2.75, 3.05) is 0 Å². The van der Waals surface area contributed by atoms with Crippen molar-refractivity contribution < 1.29 is 14.4 Å². The van der Waals surface area contributed by atoms with Crippen LogP contribution in [0, 0.1) is 27.3 Å². The molecule has 0 bridgehead atoms. The Kier molecular flexibility index (Phi) is 3.89. The van der Waals surface area contributed by atoms with Crippen molar-refractivity contribution in [1.82, 2.24) is 0 Å². The van der Waals surface area contributed by atoms with E-state index in [1.165, 1.54) is 0 Å². The van der Waals surface area contributed by atoms with Crippen LogP contribution < -0.4 is 10.2 Å². The second kappa shape index (κ2) is 5.73. The summed E-state index contributed by atoms with van der Waals surface area (Å²) in [6, 6.07) is 7.59. The van der Waals surface area contributed by atoms with Crippen LogP contribution in [0.2, 0.25) is 0 Å². The number of ether oxygens (including phenoxy) is 1. The zero-order chi connectivity index (χ0) is 16.7. The van der Waals surface area contributed by atoms with Gasteiger partial charge in [-0.1, -0.05) is 6.07 Å². The molecule has 3 rings (SSSR count). The monoisotopic (exact) mass is 307 g/mol. The molecule has 0 aromatic heterocycles. The van der Waals surface area contributed by atoms with Gasteiger partial charge in [0.25, 0.3) is 0 Å². The Balaban J connectivity index is 1.99. The summed E-state index contributed by atoms with van der Waals surface area (Å²) in [7, 11) is -0.866. The molecule has 4 nitrogen and oxygen atoms in total. The van der Waals surface area contributed by atoms with Gasteiger partial charge in [-0.15, -0.1) is 0 Å². The van der Waals surface area contributed by atoms with Gasteiger partial charge in [-0.3, -0.25) is 0 Å². The summed E-state index contributed by atoms with van der Waals surface area (Å²) in [5.74, 6) is 1.45. The quantitative estimate of drug-likeness (QED) is 0.679. The molecular weight excluding hydrogens is 289 g/mol. The first kappa shape index (κ1) is 15.6. The highest BCUT2D eigenvalue weighted by atomic mass is 16.5. The van der Waals surface area contributed by atoms with Gasteiger partial charge in [-0.25, -0.2) is 4.85 Å². The molecule has 2 aromatic carbocycles. The Labute approximate surface area is 136 Å². The maximum atomic E-state index is 9.90. The van der Waals surface area contributed by atoms with Crippen molar-refractivity contribution in [1.29, 1.82) is 0 Å². The molecule has 116 valence electrons. The first-order chi connectivity index (χ1) is 10.9. The lowest BCUT2D eigenvalue weighted by atomic mass is 9.78. The fourth-order valence-electron chi connectivity index (χ4n) is 3.02. The maximum absolute atomic E-state index is 9.90. The van der Waals surface area contributed by atoms with E-state index < -0.39 is 7.12 Å². The van der Waals surface area contributed by atoms with Gasteiger partial charge in [0.2, 0.25) is 0 Å². The lowest BCUT2D eigenvalue weighted by molar-refractivity contribution is 0.208. The highest BCUT2D eigenvalue weighted by molar-refractivity contribution is 6.61. The predicted octanol–water partition coefficient (Wildman–Crippen LogP) is 3.73. The summed E-state index contributed by atoms with van der Waals surface area (Å²) >= 11 is 0. The zero-order valence-electron chi connectivity index (χ0n) is 13.7. The van der Waals surface area contributed by atoms with Crippen LogP contribution in [0.15, 0.2) is 24.3 Å². The van der Waals surface area contributed by atoms with E-state index in [0.29, 0.717) is 11.4 Å². The van der Waals surface area contributed by atoms with Gasteiger partial charge in [0, 0.05) is 0 Å². The summed E-state index contributed by atoms with van der Waals surface area (Å²) < 4.78 is 11.5. The van der Waals surface area contributed by atoms with Crippen LogP contribution in [0.3, 0.4) is 0 Å². The molecule has 0 saturated carbocycles. The van der Waals surface area contributed by atoms with Gasteiger partial charge in [-0.05, 0) is 73.6 Å². The Morgan fingerprint density at radius 2 is 1.78 bits per heavy atom. The minimum atomic E-state index is -0.866. The Bertz CT molecular complexity index is 803. The molecule has 0 saturated heterocycles. The molecule has 1 aliphatic heterocycles. The van der Waals surface area contributed by atoms with Crippen molar-refractivity contribution in [3.63, 3.8) is 0 Å². The summed E-state index contributed by atoms with van der Waals surface area (Å²) in [6.07, 6.45) is -0.157. The molecule has 0 amide bonds. The van der Waals surface area contributed by atoms with Gasteiger partial charge in [0.15, 0.2) is 5.69 Å². The Morgan fingerprint density at radius 1 is 1.13 bits per heavy atom. The van der Waals surface area contributed by atoms with E-state index in [4.69, 9.17) is 16.0 Å². The number of hydrogen-bond donors (Lipinski definition) is 1. The van der Waals surface area contributed by atoms with Gasteiger partial charge < -0.3 is 14.4 Å². The van der Waals surface area contributed by atoms with E-state index in [9.17, 15) is 5.02 Å². The smallest absolute Gasteiger partial charge is 0.457 e. The van der Waals surface area contributed by atoms with Gasteiger partial charge in [-0.2, -0.15) is 0 Å². The lowest BCUT2D eigenvalue weighted by Crippen LogP contribution is -2.28. The number of aryl methyl sites for hydroxylation is 3. The molecule has 0 fully saturated rings. The van der Waals surface area contributed by atoms with Crippen LogP contribution in [0.25, 0.3) is 4.85 Å². The highest BCUT2D eigenvalue weighted by Gasteiger charge is 2.33. The van der Waals surface area contributed by atoms with Crippen LogP contribution in [-0.2, 0) is 4.65 Å². The van der Waals surface area contributed by atoms with Crippen LogP contribution in [0.5, 0.6) is 11.5 Å². The van der Waals surface area contributed by atoms with Gasteiger partial charge in [0.1, 0.15) is 11.5 Å². The normalized spacial score (nSPS) is 16.2. The molecule has 1 N–H and O–H groups in total. The number of rotatable bonds is 2. The van der Waals surface area contributed by atoms with E-state index in [1.54, 1.807) is 0 Å². The summed E-state index contributed by atoms with van der Waals surface area (Å²) in [6.45, 7) is 14.9. The highest BCUT2D eigenvalue weighted by Crippen LogP contribution is 2.34. The fraction of sp³-hybridized carbons (Fsp3) is 0.278. The number of nitrogens with zero attached hydrogens (tertiary/aromatic N) is 1. The van der Waals surface area contributed by atoms with Crippen LogP contribution >= 0.6 is 0 Å². The van der Waals surface area contributed by atoms with Crippen LogP contribution in [0.1, 0.15) is 35.3 Å². The molecule has 1 aliphatic rings. The minimum absolute atomic E-state index is 0.157. The number of fused-ring (bicyclic) bond motifs is 1. The molecular formula is C18H18BNO3. The molecule has 0 aliphatic carbocycles. The Hall–Kier alpha value is -2.29. The molecule has 0 spiro atoms. The van der Waals surface area contributed by atoms with Crippen molar-refractivity contribution in [2.45, 2.75) is 33.8 Å². The lowest BCUT2D eigenvalue weighted by Gasteiger charge is -2.14. The topological polar surface area (TPSA) is 43.0 Å². The third kappa shape index (κ3) is 2.72. The Morgan fingerprint density at radius 3 is 2.39 bits per heavy atom. The van der Waals surface area contributed by atoms with Crippen molar-refractivity contribution in [3.8, 4) is 11.5 Å². The molecule has 1 unspecified atom stereocenters. The predicted molar refractivity (Wildman–Crippen MR) is 90.5 cm³/mol. The summed E-state index contributed by atoms with van der Waals surface area (Å²) in [4.78, 5) is 3.55. The second-order valence-electron chi connectivity index (χ2n) is 6.00. The third-order valence-electron chi connectivity index (χ3n) is 4.22. The molecule has 1 heterocycles. The van der Waals surface area contributed by atoms with E-state index >= 15 is 0 Å². The standard InChI is InChI=1S/C18H18BNO3/c1-10-8-16-15(13(4)23-19(16)21)9-17(10)22-14-6-11(2)18(20-5)12(3)7-14/h6-9,13,21H,1-4H3.